The summed E-state index contributed by atoms with van der Waals surface area (Å²) in [6.07, 6.45) is 0.549. The summed E-state index contributed by atoms with van der Waals surface area (Å²) in [5.74, 6) is -0.172. The second-order valence-corrected chi connectivity index (χ2v) is 5.59. The maximum atomic E-state index is 13.5. The van der Waals surface area contributed by atoms with E-state index in [0.29, 0.717) is 12.0 Å². The van der Waals surface area contributed by atoms with Crippen molar-refractivity contribution in [3.05, 3.63) is 57.0 Å². The third-order valence-corrected chi connectivity index (χ3v) is 4.10. The van der Waals surface area contributed by atoms with E-state index in [9.17, 15) is 4.39 Å². The summed E-state index contributed by atoms with van der Waals surface area (Å²) >= 11 is 1.70. The van der Waals surface area contributed by atoms with E-state index in [-0.39, 0.29) is 11.9 Å². The Hall–Kier alpha value is -1.19. The Kier molecular flexibility index (Phi) is 3.60. The lowest BCUT2D eigenvalue weighted by Gasteiger charge is -2.11. The van der Waals surface area contributed by atoms with Gasteiger partial charge in [0, 0.05) is 15.8 Å². The van der Waals surface area contributed by atoms with Gasteiger partial charge < -0.3 is 5.73 Å². The Morgan fingerprint density at radius 1 is 1.29 bits per heavy atom. The molecule has 0 aliphatic heterocycles. The number of halogens is 1. The number of rotatable bonds is 3. The molecule has 0 amide bonds. The molecule has 0 bridgehead atoms. The first kappa shape index (κ1) is 12.3. The predicted molar refractivity (Wildman–Crippen MR) is 70.8 cm³/mol. The fourth-order valence-electron chi connectivity index (χ4n) is 2.02. The molecule has 90 valence electrons. The van der Waals surface area contributed by atoms with Crippen LogP contribution >= 0.6 is 11.3 Å². The van der Waals surface area contributed by atoms with Crippen molar-refractivity contribution < 1.29 is 4.39 Å². The normalized spacial score (nSPS) is 12.7. The molecule has 2 N–H and O–H groups in total. The van der Waals surface area contributed by atoms with Gasteiger partial charge in [0.2, 0.25) is 0 Å². The Morgan fingerprint density at radius 2 is 2.00 bits per heavy atom. The largest absolute Gasteiger partial charge is 0.323 e. The van der Waals surface area contributed by atoms with E-state index in [1.54, 1.807) is 23.5 Å². The van der Waals surface area contributed by atoms with E-state index in [0.717, 1.165) is 4.88 Å². The summed E-state index contributed by atoms with van der Waals surface area (Å²) in [6, 6.07) is 8.83. The molecule has 2 rings (SSSR count). The fourth-order valence-corrected chi connectivity index (χ4v) is 3.06. The molecule has 3 heteroatoms. The SMILES string of the molecule is Cc1cc(C)c(C(N)Cc2ccccc2F)s1. The highest BCUT2D eigenvalue weighted by Crippen LogP contribution is 2.28. The maximum absolute atomic E-state index is 13.5. The molecule has 0 fully saturated rings. The first-order chi connectivity index (χ1) is 8.08. The van der Waals surface area contributed by atoms with Crippen molar-refractivity contribution in [1.82, 2.24) is 0 Å². The Balaban J connectivity index is 2.20. The fraction of sp³-hybridized carbons (Fsp3) is 0.286. The lowest BCUT2D eigenvalue weighted by molar-refractivity contribution is 0.594. The molecule has 1 nitrogen and oxygen atoms in total. The van der Waals surface area contributed by atoms with E-state index in [2.05, 4.69) is 19.9 Å². The van der Waals surface area contributed by atoms with Crippen molar-refractivity contribution in [3.63, 3.8) is 0 Å². The van der Waals surface area contributed by atoms with Gasteiger partial charge in [-0.2, -0.15) is 0 Å². The second kappa shape index (κ2) is 4.98. The summed E-state index contributed by atoms with van der Waals surface area (Å²) in [7, 11) is 0. The van der Waals surface area contributed by atoms with Crippen LogP contribution in [0.4, 0.5) is 4.39 Å². The summed E-state index contributed by atoms with van der Waals surface area (Å²) in [5, 5.41) is 0. The molecule has 1 aromatic carbocycles. The van der Waals surface area contributed by atoms with Crippen LogP contribution in [0.15, 0.2) is 30.3 Å². The molecule has 0 spiro atoms. The average Bonchev–Trinajstić information content (AvgIpc) is 2.61. The quantitative estimate of drug-likeness (QED) is 0.881. The van der Waals surface area contributed by atoms with Crippen molar-refractivity contribution in [3.8, 4) is 0 Å². The molecule has 0 radical (unpaired) electrons. The van der Waals surface area contributed by atoms with Crippen LogP contribution in [0.2, 0.25) is 0 Å². The Bertz CT molecular complexity index is 519. The van der Waals surface area contributed by atoms with Crippen LogP contribution in [0.1, 0.15) is 26.9 Å². The molecular weight excluding hydrogens is 233 g/mol. The summed E-state index contributed by atoms with van der Waals surface area (Å²) in [6.45, 7) is 4.12. The van der Waals surface area contributed by atoms with Crippen LogP contribution in [0.5, 0.6) is 0 Å². The number of benzene rings is 1. The van der Waals surface area contributed by atoms with Gasteiger partial charge in [-0.15, -0.1) is 11.3 Å². The van der Waals surface area contributed by atoms with E-state index in [4.69, 9.17) is 5.73 Å². The lowest BCUT2D eigenvalue weighted by Crippen LogP contribution is -2.13. The molecule has 0 saturated heterocycles. The molecule has 17 heavy (non-hydrogen) atoms. The van der Waals surface area contributed by atoms with Crippen LogP contribution in [-0.4, -0.2) is 0 Å². The van der Waals surface area contributed by atoms with E-state index >= 15 is 0 Å². The number of hydrogen-bond acceptors (Lipinski definition) is 2. The molecule has 1 aromatic heterocycles. The maximum Gasteiger partial charge on any atom is 0.126 e. The third kappa shape index (κ3) is 2.73. The van der Waals surface area contributed by atoms with Gasteiger partial charge in [-0.1, -0.05) is 18.2 Å². The smallest absolute Gasteiger partial charge is 0.126 e. The number of hydrogen-bond donors (Lipinski definition) is 1. The molecule has 0 saturated carbocycles. The molecule has 0 aliphatic rings. The Morgan fingerprint density at radius 3 is 2.59 bits per heavy atom. The molecule has 2 aromatic rings. The van der Waals surface area contributed by atoms with Gasteiger partial charge >= 0.3 is 0 Å². The number of nitrogens with two attached hydrogens (primary N) is 1. The zero-order valence-electron chi connectivity index (χ0n) is 10.0. The molecular formula is C14H16FNS. The summed E-state index contributed by atoms with van der Waals surface area (Å²) < 4.78 is 13.5. The predicted octanol–water partition coefficient (Wildman–Crippen LogP) is 3.75. The average molecular weight is 249 g/mol. The highest BCUT2D eigenvalue weighted by molar-refractivity contribution is 7.12. The van der Waals surface area contributed by atoms with Gasteiger partial charge in [0.1, 0.15) is 5.82 Å². The van der Waals surface area contributed by atoms with Crippen LogP contribution in [0.3, 0.4) is 0 Å². The van der Waals surface area contributed by atoms with Gasteiger partial charge in [0.15, 0.2) is 0 Å². The van der Waals surface area contributed by atoms with Crippen molar-refractivity contribution in [1.29, 1.82) is 0 Å². The molecule has 0 aliphatic carbocycles. The first-order valence-corrected chi connectivity index (χ1v) is 6.45. The standard InChI is InChI=1S/C14H16FNS/c1-9-7-10(2)17-14(9)13(16)8-11-5-3-4-6-12(11)15/h3-7,13H,8,16H2,1-2H3. The zero-order valence-corrected chi connectivity index (χ0v) is 10.9. The van der Waals surface area contributed by atoms with Crippen LogP contribution in [0.25, 0.3) is 0 Å². The monoisotopic (exact) mass is 249 g/mol. The highest BCUT2D eigenvalue weighted by Gasteiger charge is 2.14. The van der Waals surface area contributed by atoms with Crippen molar-refractivity contribution in [2.75, 3.05) is 0 Å². The first-order valence-electron chi connectivity index (χ1n) is 5.64. The summed E-state index contributed by atoms with van der Waals surface area (Å²) in [4.78, 5) is 2.41. The summed E-state index contributed by atoms with van der Waals surface area (Å²) in [5.41, 5.74) is 8.04. The lowest BCUT2D eigenvalue weighted by atomic mass is 10.0. The minimum Gasteiger partial charge on any atom is -0.323 e. The van der Waals surface area contributed by atoms with Gasteiger partial charge in [0.25, 0.3) is 0 Å². The van der Waals surface area contributed by atoms with Crippen molar-refractivity contribution in [2.24, 2.45) is 5.73 Å². The highest BCUT2D eigenvalue weighted by atomic mass is 32.1. The second-order valence-electron chi connectivity index (χ2n) is 4.31. The number of aryl methyl sites for hydroxylation is 2. The minimum atomic E-state index is -0.172. The van der Waals surface area contributed by atoms with Gasteiger partial charge in [0.05, 0.1) is 0 Å². The Labute approximate surface area is 105 Å². The topological polar surface area (TPSA) is 26.0 Å². The molecule has 1 atom stereocenters. The van der Waals surface area contributed by atoms with Crippen molar-refractivity contribution >= 4 is 11.3 Å². The van der Waals surface area contributed by atoms with Gasteiger partial charge in [-0.05, 0) is 43.5 Å². The van der Waals surface area contributed by atoms with Crippen LogP contribution < -0.4 is 5.73 Å². The molecule has 1 unspecified atom stereocenters. The zero-order chi connectivity index (χ0) is 12.4. The van der Waals surface area contributed by atoms with E-state index in [1.165, 1.54) is 16.5 Å². The van der Waals surface area contributed by atoms with Crippen LogP contribution in [0, 0.1) is 19.7 Å². The van der Waals surface area contributed by atoms with Crippen LogP contribution in [-0.2, 0) is 6.42 Å². The van der Waals surface area contributed by atoms with Crippen molar-refractivity contribution in [2.45, 2.75) is 26.3 Å². The number of thiophene rings is 1. The van der Waals surface area contributed by atoms with E-state index in [1.807, 2.05) is 6.07 Å². The molecule has 1 heterocycles. The van der Waals surface area contributed by atoms with E-state index < -0.39 is 0 Å². The van der Waals surface area contributed by atoms with Gasteiger partial charge in [-0.25, -0.2) is 4.39 Å². The third-order valence-electron chi connectivity index (χ3n) is 2.81. The van der Waals surface area contributed by atoms with Gasteiger partial charge in [-0.3, -0.25) is 0 Å². The minimum absolute atomic E-state index is 0.120.